The van der Waals surface area contributed by atoms with E-state index in [9.17, 15) is 18.0 Å². The lowest BCUT2D eigenvalue weighted by Crippen LogP contribution is -2.35. The van der Waals surface area contributed by atoms with Gasteiger partial charge in [0.05, 0.1) is 29.3 Å². The van der Waals surface area contributed by atoms with E-state index >= 15 is 0 Å². The highest BCUT2D eigenvalue weighted by molar-refractivity contribution is 7.89. The van der Waals surface area contributed by atoms with Gasteiger partial charge in [-0.3, -0.25) is 4.79 Å². The monoisotopic (exact) mass is 405 g/mol. The number of carbonyl (C=O) groups excluding carboxylic acids is 2. The van der Waals surface area contributed by atoms with E-state index in [0.717, 1.165) is 0 Å². The van der Waals surface area contributed by atoms with Crippen LogP contribution in [0.5, 0.6) is 0 Å². The zero-order valence-corrected chi connectivity index (χ0v) is 15.9. The number of benzene rings is 1. The number of sulfonamides is 1. The maximum absolute atomic E-state index is 12.1. The average Bonchev–Trinajstić information content (AvgIpc) is 3.19. The zero-order chi connectivity index (χ0) is 20.6. The smallest absolute Gasteiger partial charge is 0.338 e. The molecule has 0 fully saturated rings. The van der Waals surface area contributed by atoms with Crippen molar-refractivity contribution in [2.45, 2.75) is 30.9 Å². The van der Waals surface area contributed by atoms with Crippen LogP contribution in [0, 0.1) is 11.3 Å². The van der Waals surface area contributed by atoms with Crippen LogP contribution in [0.15, 0.2) is 52.0 Å². The molecule has 0 bridgehead atoms. The second kappa shape index (κ2) is 9.68. The van der Waals surface area contributed by atoms with Gasteiger partial charge in [0.15, 0.2) is 6.10 Å². The Bertz CT molecular complexity index is 946. The molecule has 28 heavy (non-hydrogen) atoms. The van der Waals surface area contributed by atoms with Crippen molar-refractivity contribution in [2.24, 2.45) is 0 Å². The minimum Gasteiger partial charge on any atom is -0.467 e. The van der Waals surface area contributed by atoms with E-state index in [1.807, 2.05) is 6.07 Å². The third kappa shape index (κ3) is 5.94. The van der Waals surface area contributed by atoms with E-state index in [0.29, 0.717) is 5.76 Å². The van der Waals surface area contributed by atoms with Gasteiger partial charge in [0, 0.05) is 13.0 Å². The highest BCUT2D eigenvalue weighted by Crippen LogP contribution is 2.12. The Hall–Kier alpha value is -3.16. The largest absolute Gasteiger partial charge is 0.467 e. The van der Waals surface area contributed by atoms with Crippen LogP contribution in [-0.4, -0.2) is 32.9 Å². The minimum absolute atomic E-state index is 0.00669. The first-order chi connectivity index (χ1) is 13.3. The first-order valence-electron chi connectivity index (χ1n) is 8.31. The van der Waals surface area contributed by atoms with Gasteiger partial charge >= 0.3 is 5.97 Å². The van der Waals surface area contributed by atoms with Crippen LogP contribution >= 0.6 is 0 Å². The van der Waals surface area contributed by atoms with Gasteiger partial charge in [0.25, 0.3) is 5.91 Å². The Morgan fingerprint density at radius 1 is 1.25 bits per heavy atom. The van der Waals surface area contributed by atoms with Crippen molar-refractivity contribution in [3.8, 4) is 6.07 Å². The number of esters is 1. The first-order valence-corrected chi connectivity index (χ1v) is 9.79. The number of ether oxygens (including phenoxy) is 1. The van der Waals surface area contributed by atoms with Crippen LogP contribution in [0.25, 0.3) is 0 Å². The number of nitrogens with zero attached hydrogens (tertiary/aromatic N) is 1. The van der Waals surface area contributed by atoms with Crippen molar-refractivity contribution in [1.29, 1.82) is 5.26 Å². The average molecular weight is 405 g/mol. The van der Waals surface area contributed by atoms with Crippen molar-refractivity contribution in [1.82, 2.24) is 10.0 Å². The standard InChI is InChI=1S/C18H19N3O6S/c1-13(17(22)20-12-15-4-2-11-26-15)27-18(23)14-5-7-16(8-6-14)28(24,25)21-10-3-9-19/h2,4-8,11,13,21H,3,10,12H2,1H3,(H,20,22)/t13-/m1/s1. The third-order valence-corrected chi connectivity index (χ3v) is 5.08. The normalized spacial score (nSPS) is 12.0. The number of hydrogen-bond acceptors (Lipinski definition) is 7. The highest BCUT2D eigenvalue weighted by atomic mass is 32.2. The second-order valence-corrected chi connectivity index (χ2v) is 7.44. The van der Waals surface area contributed by atoms with Crippen molar-refractivity contribution in [3.05, 3.63) is 54.0 Å². The van der Waals surface area contributed by atoms with Gasteiger partial charge in [-0.1, -0.05) is 0 Å². The Labute approximate surface area is 162 Å². The van der Waals surface area contributed by atoms with Gasteiger partial charge in [0.2, 0.25) is 10.0 Å². The van der Waals surface area contributed by atoms with E-state index < -0.39 is 28.0 Å². The molecule has 0 aliphatic carbocycles. The molecule has 1 atom stereocenters. The lowest BCUT2D eigenvalue weighted by Gasteiger charge is -2.13. The number of rotatable bonds is 9. The zero-order valence-electron chi connectivity index (χ0n) is 15.0. The fourth-order valence-electron chi connectivity index (χ4n) is 2.11. The van der Waals surface area contributed by atoms with Crippen LogP contribution in [0.4, 0.5) is 0 Å². The van der Waals surface area contributed by atoms with Crippen LogP contribution < -0.4 is 10.0 Å². The SMILES string of the molecule is C[C@@H](OC(=O)c1ccc(S(=O)(=O)NCCC#N)cc1)C(=O)NCc1ccco1. The van der Waals surface area contributed by atoms with Crippen LogP contribution in [0.2, 0.25) is 0 Å². The topological polar surface area (TPSA) is 138 Å². The maximum atomic E-state index is 12.1. The quantitative estimate of drug-likeness (QED) is 0.474. The summed E-state index contributed by atoms with van der Waals surface area (Å²) in [5.74, 6) is -0.695. The molecule has 1 aromatic carbocycles. The summed E-state index contributed by atoms with van der Waals surface area (Å²) in [6.07, 6.45) is 0.482. The Morgan fingerprint density at radius 2 is 1.96 bits per heavy atom. The lowest BCUT2D eigenvalue weighted by atomic mass is 10.2. The number of carbonyl (C=O) groups is 2. The Balaban J connectivity index is 1.91. The molecule has 0 radical (unpaired) electrons. The van der Waals surface area contributed by atoms with Crippen LogP contribution in [-0.2, 0) is 26.1 Å². The van der Waals surface area contributed by atoms with Gasteiger partial charge in [-0.05, 0) is 43.3 Å². The fraction of sp³-hybridized carbons (Fsp3) is 0.278. The van der Waals surface area contributed by atoms with Gasteiger partial charge in [-0.2, -0.15) is 5.26 Å². The number of nitrogens with one attached hydrogen (secondary N) is 2. The van der Waals surface area contributed by atoms with Crippen molar-refractivity contribution < 1.29 is 27.2 Å². The number of hydrogen-bond donors (Lipinski definition) is 2. The van der Waals surface area contributed by atoms with E-state index in [4.69, 9.17) is 14.4 Å². The van der Waals surface area contributed by atoms with Gasteiger partial charge < -0.3 is 14.5 Å². The summed E-state index contributed by atoms with van der Waals surface area (Å²) in [5.41, 5.74) is 0.0988. The Kier molecular flexibility index (Phi) is 7.31. The molecule has 1 heterocycles. The predicted octanol–water partition coefficient (Wildman–Crippen LogP) is 1.33. The number of furan rings is 1. The molecule has 2 N–H and O–H groups in total. The van der Waals surface area contributed by atoms with Crippen molar-refractivity contribution >= 4 is 21.9 Å². The summed E-state index contributed by atoms with van der Waals surface area (Å²) in [6.45, 7) is 1.58. The molecule has 2 rings (SSSR count). The van der Waals surface area contributed by atoms with E-state index in [-0.39, 0.29) is 30.0 Å². The molecule has 0 saturated heterocycles. The van der Waals surface area contributed by atoms with Gasteiger partial charge in [-0.15, -0.1) is 0 Å². The third-order valence-electron chi connectivity index (χ3n) is 3.60. The molecule has 0 spiro atoms. The molecule has 1 amide bonds. The van der Waals surface area contributed by atoms with Gasteiger partial charge in [-0.25, -0.2) is 17.9 Å². The summed E-state index contributed by atoms with van der Waals surface area (Å²) >= 11 is 0. The maximum Gasteiger partial charge on any atom is 0.338 e. The molecule has 9 nitrogen and oxygen atoms in total. The Morgan fingerprint density at radius 3 is 2.57 bits per heavy atom. The fourth-order valence-corrected chi connectivity index (χ4v) is 3.14. The van der Waals surface area contributed by atoms with Crippen molar-refractivity contribution in [3.63, 3.8) is 0 Å². The summed E-state index contributed by atoms with van der Waals surface area (Å²) in [6, 6.07) is 10.3. The molecule has 0 aliphatic heterocycles. The molecule has 148 valence electrons. The number of amides is 1. The molecular weight excluding hydrogens is 386 g/mol. The molecule has 0 aliphatic rings. The van der Waals surface area contributed by atoms with Crippen LogP contribution in [0.1, 0.15) is 29.5 Å². The van der Waals surface area contributed by atoms with Crippen LogP contribution in [0.3, 0.4) is 0 Å². The molecule has 0 saturated carbocycles. The van der Waals surface area contributed by atoms with Gasteiger partial charge in [0.1, 0.15) is 5.76 Å². The molecule has 2 aromatic rings. The summed E-state index contributed by atoms with van der Waals surface area (Å²) in [7, 11) is -3.77. The second-order valence-electron chi connectivity index (χ2n) is 5.67. The van der Waals surface area contributed by atoms with E-state index in [1.165, 1.54) is 37.5 Å². The summed E-state index contributed by atoms with van der Waals surface area (Å²) in [4.78, 5) is 24.1. The first kappa shape index (κ1) is 21.1. The predicted molar refractivity (Wildman–Crippen MR) is 97.3 cm³/mol. The minimum atomic E-state index is -3.77. The van der Waals surface area contributed by atoms with Crippen molar-refractivity contribution in [2.75, 3.05) is 6.54 Å². The summed E-state index contributed by atoms with van der Waals surface area (Å²) in [5, 5.41) is 11.0. The van der Waals surface area contributed by atoms with E-state index in [2.05, 4.69) is 10.0 Å². The number of nitriles is 1. The molecule has 10 heteroatoms. The lowest BCUT2D eigenvalue weighted by molar-refractivity contribution is -0.129. The molecular formula is C18H19N3O6S. The molecule has 0 unspecified atom stereocenters. The van der Waals surface area contributed by atoms with E-state index in [1.54, 1.807) is 12.1 Å². The molecule has 1 aromatic heterocycles. The summed E-state index contributed by atoms with van der Waals surface area (Å²) < 4.78 is 36.5. The highest BCUT2D eigenvalue weighted by Gasteiger charge is 2.20.